The summed E-state index contributed by atoms with van der Waals surface area (Å²) in [4.78, 5) is 24.5. The number of carbonyl (C=O) groups excluding carboxylic acids is 1. The van der Waals surface area contributed by atoms with E-state index >= 15 is 0 Å². The van der Waals surface area contributed by atoms with E-state index < -0.39 is 16.1 Å². The summed E-state index contributed by atoms with van der Waals surface area (Å²) in [5.74, 6) is 0.666. The second-order valence-corrected chi connectivity index (χ2v) is 12.5. The van der Waals surface area contributed by atoms with Gasteiger partial charge in [0.2, 0.25) is 15.9 Å². The number of anilines is 1. The van der Waals surface area contributed by atoms with Crippen LogP contribution in [0.4, 0.5) is 5.82 Å². The number of piperazine rings is 1. The van der Waals surface area contributed by atoms with Crippen molar-refractivity contribution in [2.45, 2.75) is 49.1 Å². The Balaban J connectivity index is 1.32. The van der Waals surface area contributed by atoms with E-state index in [2.05, 4.69) is 14.8 Å². The zero-order chi connectivity index (χ0) is 25.3. The molecule has 2 aromatic rings. The zero-order valence-corrected chi connectivity index (χ0v) is 22.4. The van der Waals surface area contributed by atoms with Gasteiger partial charge in [-0.2, -0.15) is 4.31 Å². The summed E-state index contributed by atoms with van der Waals surface area (Å²) in [6, 6.07) is 9.91. The van der Waals surface area contributed by atoms with Crippen molar-refractivity contribution < 1.29 is 13.2 Å². The van der Waals surface area contributed by atoms with E-state index in [0.29, 0.717) is 42.0 Å². The number of rotatable bonds is 5. The van der Waals surface area contributed by atoms with Crippen molar-refractivity contribution in [3.63, 3.8) is 0 Å². The van der Waals surface area contributed by atoms with Gasteiger partial charge in [0.05, 0.1) is 21.6 Å². The van der Waals surface area contributed by atoms with Crippen molar-refractivity contribution in [1.82, 2.24) is 19.1 Å². The van der Waals surface area contributed by atoms with Gasteiger partial charge in [0, 0.05) is 45.0 Å². The molecule has 0 bridgehead atoms. The fourth-order valence-corrected chi connectivity index (χ4v) is 7.47. The summed E-state index contributed by atoms with van der Waals surface area (Å²) in [7, 11) is -3.68. The van der Waals surface area contributed by atoms with E-state index in [4.69, 9.17) is 23.2 Å². The monoisotopic (exact) mass is 551 g/mol. The lowest BCUT2D eigenvalue weighted by Gasteiger charge is -2.39. The molecular weight excluding hydrogens is 521 g/mol. The summed E-state index contributed by atoms with van der Waals surface area (Å²) in [6.45, 7) is 2.68. The molecule has 0 N–H and O–H groups in total. The minimum absolute atomic E-state index is 0.00106. The van der Waals surface area contributed by atoms with Crippen LogP contribution in [0.2, 0.25) is 10.0 Å². The molecule has 11 heteroatoms. The SMILES string of the molecule is O=C(C1CN(S(=O)(=O)c2ccccc2)CN1C1CCCCC1)N1CCN(c2ncc(Cl)cc2Cl)CC1. The molecule has 5 rings (SSSR count). The average molecular weight is 553 g/mol. The maximum atomic E-state index is 13.8. The van der Waals surface area contributed by atoms with Crippen molar-refractivity contribution in [3.05, 3.63) is 52.6 Å². The molecule has 1 aromatic carbocycles. The summed E-state index contributed by atoms with van der Waals surface area (Å²) < 4.78 is 28.3. The molecule has 1 atom stereocenters. The van der Waals surface area contributed by atoms with E-state index in [1.807, 2.05) is 4.90 Å². The third-order valence-corrected chi connectivity index (χ3v) is 9.78. The zero-order valence-electron chi connectivity index (χ0n) is 20.1. The molecule has 3 aliphatic rings. The maximum absolute atomic E-state index is 13.8. The minimum atomic E-state index is -3.68. The van der Waals surface area contributed by atoms with Crippen LogP contribution in [0.25, 0.3) is 0 Å². The summed E-state index contributed by atoms with van der Waals surface area (Å²) >= 11 is 12.3. The summed E-state index contributed by atoms with van der Waals surface area (Å²) in [6.07, 6.45) is 6.98. The molecule has 0 spiro atoms. The highest BCUT2D eigenvalue weighted by Gasteiger charge is 2.45. The highest BCUT2D eigenvalue weighted by molar-refractivity contribution is 7.89. The second kappa shape index (κ2) is 10.8. The molecule has 194 valence electrons. The number of benzene rings is 1. The van der Waals surface area contributed by atoms with E-state index in [-0.39, 0.29) is 30.1 Å². The second-order valence-electron chi connectivity index (χ2n) is 9.69. The Morgan fingerprint density at radius 2 is 1.67 bits per heavy atom. The standard InChI is InChI=1S/C25H31Cl2N5O3S/c26-19-15-22(27)24(28-16-19)29-11-13-30(14-12-29)25(33)23-17-31(18-32(23)20-7-3-1-4-8-20)36(34,35)21-9-5-2-6-10-21/h2,5-6,9-10,15-16,20,23H,1,3-4,7-8,11-14,17-18H2. The minimum Gasteiger partial charge on any atom is -0.352 e. The number of halogens is 2. The van der Waals surface area contributed by atoms with Gasteiger partial charge in [-0.05, 0) is 31.0 Å². The Bertz CT molecular complexity index is 1190. The van der Waals surface area contributed by atoms with Crippen LogP contribution in [0.15, 0.2) is 47.5 Å². The van der Waals surface area contributed by atoms with E-state index in [9.17, 15) is 13.2 Å². The lowest BCUT2D eigenvalue weighted by molar-refractivity contribution is -0.136. The molecule has 1 saturated carbocycles. The molecule has 0 radical (unpaired) electrons. The topological polar surface area (TPSA) is 77.1 Å². The fourth-order valence-electron chi connectivity index (χ4n) is 5.54. The molecule has 3 heterocycles. The molecular formula is C25H31Cl2N5O3S. The van der Waals surface area contributed by atoms with Crippen LogP contribution in [0.1, 0.15) is 32.1 Å². The lowest BCUT2D eigenvalue weighted by Crippen LogP contribution is -2.56. The van der Waals surface area contributed by atoms with Crippen molar-refractivity contribution in [3.8, 4) is 0 Å². The van der Waals surface area contributed by atoms with Crippen molar-refractivity contribution >= 4 is 45.0 Å². The molecule has 1 amide bonds. The van der Waals surface area contributed by atoms with Gasteiger partial charge in [-0.3, -0.25) is 9.69 Å². The van der Waals surface area contributed by atoms with Crippen LogP contribution in [0.3, 0.4) is 0 Å². The summed E-state index contributed by atoms with van der Waals surface area (Å²) in [5, 5.41) is 0.972. The first-order valence-electron chi connectivity index (χ1n) is 12.5. The number of nitrogens with zero attached hydrogens (tertiary/aromatic N) is 5. The predicted octanol–water partition coefficient (Wildman–Crippen LogP) is 3.70. The quantitative estimate of drug-likeness (QED) is 0.563. The molecule has 1 aliphatic carbocycles. The molecule has 36 heavy (non-hydrogen) atoms. The molecule has 2 saturated heterocycles. The van der Waals surface area contributed by atoms with E-state index in [1.165, 1.54) is 10.7 Å². The van der Waals surface area contributed by atoms with Crippen LogP contribution >= 0.6 is 23.2 Å². The van der Waals surface area contributed by atoms with Crippen LogP contribution < -0.4 is 4.90 Å². The lowest BCUT2D eigenvalue weighted by atomic mass is 9.93. The maximum Gasteiger partial charge on any atom is 0.244 e. The number of sulfonamides is 1. The van der Waals surface area contributed by atoms with Gasteiger partial charge in [0.25, 0.3) is 0 Å². The number of hydrogen-bond acceptors (Lipinski definition) is 6. The third-order valence-electron chi connectivity index (χ3n) is 7.49. The third kappa shape index (κ3) is 5.22. The van der Waals surface area contributed by atoms with Gasteiger partial charge in [-0.15, -0.1) is 0 Å². The van der Waals surface area contributed by atoms with Crippen LogP contribution in [-0.2, 0) is 14.8 Å². The smallest absolute Gasteiger partial charge is 0.244 e. The van der Waals surface area contributed by atoms with Crippen molar-refractivity contribution in [2.75, 3.05) is 44.3 Å². The van der Waals surface area contributed by atoms with Gasteiger partial charge < -0.3 is 9.80 Å². The average Bonchev–Trinajstić information content (AvgIpc) is 3.36. The number of amides is 1. The first-order chi connectivity index (χ1) is 17.3. The molecule has 1 unspecified atom stereocenters. The first-order valence-corrected chi connectivity index (χ1v) is 14.7. The van der Waals surface area contributed by atoms with Gasteiger partial charge >= 0.3 is 0 Å². The van der Waals surface area contributed by atoms with E-state index in [0.717, 1.165) is 25.7 Å². The van der Waals surface area contributed by atoms with Gasteiger partial charge in [0.1, 0.15) is 11.9 Å². The first kappa shape index (κ1) is 25.7. The van der Waals surface area contributed by atoms with Crippen LogP contribution in [0, 0.1) is 0 Å². The number of hydrogen-bond donors (Lipinski definition) is 0. The number of aromatic nitrogens is 1. The number of carbonyl (C=O) groups is 1. The van der Waals surface area contributed by atoms with Crippen LogP contribution in [0.5, 0.6) is 0 Å². The van der Waals surface area contributed by atoms with Crippen LogP contribution in [-0.4, -0.2) is 84.9 Å². The highest BCUT2D eigenvalue weighted by atomic mass is 35.5. The normalized spacial score (nSPS) is 22.8. The van der Waals surface area contributed by atoms with Crippen molar-refractivity contribution in [1.29, 1.82) is 0 Å². The molecule has 8 nitrogen and oxygen atoms in total. The highest BCUT2D eigenvalue weighted by Crippen LogP contribution is 2.32. The predicted molar refractivity (Wildman–Crippen MR) is 141 cm³/mol. The Morgan fingerprint density at radius 3 is 2.33 bits per heavy atom. The molecule has 1 aromatic heterocycles. The Morgan fingerprint density at radius 1 is 0.972 bits per heavy atom. The fraction of sp³-hybridized carbons (Fsp3) is 0.520. The number of pyridine rings is 1. The molecule has 3 fully saturated rings. The Kier molecular flexibility index (Phi) is 7.74. The Labute approximate surface area is 222 Å². The molecule has 2 aliphatic heterocycles. The van der Waals surface area contributed by atoms with E-state index in [1.54, 1.807) is 42.6 Å². The van der Waals surface area contributed by atoms with Gasteiger partial charge in [-0.25, -0.2) is 13.4 Å². The van der Waals surface area contributed by atoms with Gasteiger partial charge in [0.15, 0.2) is 0 Å². The summed E-state index contributed by atoms with van der Waals surface area (Å²) in [5.41, 5.74) is 0. The Hall–Kier alpha value is -1.91. The largest absolute Gasteiger partial charge is 0.352 e. The van der Waals surface area contributed by atoms with Crippen molar-refractivity contribution in [2.24, 2.45) is 0 Å². The van der Waals surface area contributed by atoms with Gasteiger partial charge in [-0.1, -0.05) is 60.7 Å².